The number of nitrogens with zero attached hydrogens (tertiary/aromatic N) is 5. The molecule has 13 rings (SSSR count). The fourth-order valence-electron chi connectivity index (χ4n) is 10.8. The number of benzene rings is 9. The van der Waals surface area contributed by atoms with Gasteiger partial charge in [0.2, 0.25) is 0 Å². The Morgan fingerprint density at radius 3 is 1.12 bits per heavy atom. The van der Waals surface area contributed by atoms with E-state index in [1.165, 1.54) is 37.9 Å². The fraction of sp³-hybridized carbons (Fsp3) is 0.0492. The SMILES string of the molecule is Cc1ccc2c(c1)c1ccccc1n2-c1c(-c2ccccc2-n2c3ccccc3c3ccccc32)cc(-c2nc(C)cc(C)n2)cc1-c1ccccc1-n1c2ccccc2c2ccccc21. The summed E-state index contributed by atoms with van der Waals surface area (Å²) in [7, 11) is 0. The zero-order chi connectivity index (χ0) is 44.0. The van der Waals surface area contributed by atoms with Gasteiger partial charge in [0.1, 0.15) is 0 Å². The Bertz CT molecular complexity index is 3800. The van der Waals surface area contributed by atoms with Crippen LogP contribution >= 0.6 is 0 Å². The molecule has 4 aromatic heterocycles. The lowest BCUT2D eigenvalue weighted by molar-refractivity contribution is 1.06. The van der Waals surface area contributed by atoms with E-state index in [1.54, 1.807) is 0 Å². The number of rotatable bonds is 6. The minimum Gasteiger partial charge on any atom is -0.309 e. The standard InChI is InChI=1S/C61H43N5/c1-38-32-33-59-49(34-38)46-22-8-17-31-58(46)66(59)60-50(47-23-9-15-29-56(47)64-52-25-11-4-18-42(52)43-19-5-12-26-53(43)64)36-41(61-62-39(2)35-40(3)63-61)37-51(60)48-24-10-16-30-57(48)65-54-27-13-6-20-44(54)45-21-7-14-28-55(45)65/h4-37H,1-3H3. The molecule has 13 aromatic rings. The van der Waals surface area contributed by atoms with Crippen LogP contribution in [0.1, 0.15) is 17.0 Å². The molecular formula is C61H43N5. The van der Waals surface area contributed by atoms with E-state index in [0.29, 0.717) is 5.82 Å². The van der Waals surface area contributed by atoms with Gasteiger partial charge in [-0.05, 0) is 93.6 Å². The van der Waals surface area contributed by atoms with Gasteiger partial charge < -0.3 is 13.7 Å². The molecule has 0 saturated carbocycles. The third-order valence-corrected chi connectivity index (χ3v) is 13.4. The van der Waals surface area contributed by atoms with Gasteiger partial charge in [0.15, 0.2) is 5.82 Å². The van der Waals surface area contributed by atoms with E-state index in [2.05, 4.69) is 241 Å². The second-order valence-electron chi connectivity index (χ2n) is 17.5. The van der Waals surface area contributed by atoms with E-state index in [-0.39, 0.29) is 0 Å². The lowest BCUT2D eigenvalue weighted by Crippen LogP contribution is -2.06. The fourth-order valence-corrected chi connectivity index (χ4v) is 10.8. The van der Waals surface area contributed by atoms with E-state index in [4.69, 9.17) is 9.97 Å². The van der Waals surface area contributed by atoms with Crippen LogP contribution in [0.5, 0.6) is 0 Å². The topological polar surface area (TPSA) is 40.6 Å². The first kappa shape index (κ1) is 38.0. The van der Waals surface area contributed by atoms with Crippen molar-refractivity contribution in [3.05, 3.63) is 223 Å². The molecule has 0 bridgehead atoms. The summed E-state index contributed by atoms with van der Waals surface area (Å²) in [6.07, 6.45) is 0. The van der Waals surface area contributed by atoms with Crippen LogP contribution in [0.3, 0.4) is 0 Å². The van der Waals surface area contributed by atoms with E-state index >= 15 is 0 Å². The van der Waals surface area contributed by atoms with Gasteiger partial charge in [0.05, 0.1) is 50.2 Å². The van der Waals surface area contributed by atoms with Crippen molar-refractivity contribution < 1.29 is 0 Å². The largest absolute Gasteiger partial charge is 0.309 e. The average molecular weight is 846 g/mol. The van der Waals surface area contributed by atoms with Gasteiger partial charge in [0, 0.05) is 71.5 Å². The highest BCUT2D eigenvalue weighted by Gasteiger charge is 2.27. The van der Waals surface area contributed by atoms with Crippen LogP contribution in [0.4, 0.5) is 0 Å². The van der Waals surface area contributed by atoms with Crippen molar-refractivity contribution in [1.29, 1.82) is 0 Å². The molecule has 9 aromatic carbocycles. The molecule has 5 nitrogen and oxygen atoms in total. The van der Waals surface area contributed by atoms with Crippen molar-refractivity contribution >= 4 is 65.4 Å². The van der Waals surface area contributed by atoms with Crippen LogP contribution < -0.4 is 0 Å². The Balaban J connectivity index is 1.24. The van der Waals surface area contributed by atoms with Crippen molar-refractivity contribution in [2.24, 2.45) is 0 Å². The molecule has 0 fully saturated rings. The molecule has 66 heavy (non-hydrogen) atoms. The van der Waals surface area contributed by atoms with Crippen LogP contribution in [-0.2, 0) is 0 Å². The van der Waals surface area contributed by atoms with Crippen molar-refractivity contribution in [2.75, 3.05) is 0 Å². The van der Waals surface area contributed by atoms with Crippen molar-refractivity contribution in [3.8, 4) is 50.7 Å². The van der Waals surface area contributed by atoms with E-state index in [1.807, 2.05) is 0 Å². The molecule has 0 radical (unpaired) electrons. The molecule has 5 heteroatoms. The van der Waals surface area contributed by atoms with Gasteiger partial charge in [0.25, 0.3) is 0 Å². The highest BCUT2D eigenvalue weighted by atomic mass is 15.0. The molecule has 0 atom stereocenters. The van der Waals surface area contributed by atoms with Crippen molar-refractivity contribution in [1.82, 2.24) is 23.7 Å². The maximum absolute atomic E-state index is 5.16. The van der Waals surface area contributed by atoms with E-state index < -0.39 is 0 Å². The molecule has 4 heterocycles. The van der Waals surface area contributed by atoms with Gasteiger partial charge in [-0.2, -0.15) is 0 Å². The lowest BCUT2D eigenvalue weighted by atomic mass is 9.90. The Morgan fingerprint density at radius 2 is 0.667 bits per heavy atom. The maximum atomic E-state index is 5.16. The zero-order valence-electron chi connectivity index (χ0n) is 36.9. The first-order valence-electron chi connectivity index (χ1n) is 22.7. The molecule has 0 aliphatic rings. The number of fused-ring (bicyclic) bond motifs is 9. The maximum Gasteiger partial charge on any atom is 0.159 e. The minimum atomic E-state index is 0.697. The summed E-state index contributed by atoms with van der Waals surface area (Å²) in [4.78, 5) is 10.3. The van der Waals surface area contributed by atoms with E-state index in [9.17, 15) is 0 Å². The van der Waals surface area contributed by atoms with Crippen LogP contribution in [0.2, 0.25) is 0 Å². The number of hydrogen-bond donors (Lipinski definition) is 0. The summed E-state index contributed by atoms with van der Waals surface area (Å²) in [5, 5.41) is 7.31. The summed E-state index contributed by atoms with van der Waals surface area (Å²) < 4.78 is 7.42. The van der Waals surface area contributed by atoms with Crippen LogP contribution in [0.15, 0.2) is 206 Å². The predicted octanol–water partition coefficient (Wildman–Crippen LogP) is 15.7. The Labute approximate surface area is 382 Å². The second-order valence-corrected chi connectivity index (χ2v) is 17.5. The molecule has 0 aliphatic heterocycles. The minimum absolute atomic E-state index is 0.697. The van der Waals surface area contributed by atoms with Gasteiger partial charge in [-0.25, -0.2) is 9.97 Å². The molecule has 312 valence electrons. The number of aromatic nitrogens is 5. The molecule has 0 saturated heterocycles. The summed E-state index contributed by atoms with van der Waals surface area (Å²) >= 11 is 0. The highest BCUT2D eigenvalue weighted by molar-refractivity contribution is 6.14. The third-order valence-electron chi connectivity index (χ3n) is 13.4. The quantitative estimate of drug-likeness (QED) is 0.167. The molecule has 0 aliphatic carbocycles. The molecular weight excluding hydrogens is 803 g/mol. The first-order chi connectivity index (χ1) is 32.5. The normalized spacial score (nSPS) is 11.9. The van der Waals surface area contributed by atoms with Crippen LogP contribution in [0.25, 0.3) is 116 Å². The molecule has 0 N–H and O–H groups in total. The van der Waals surface area contributed by atoms with Crippen LogP contribution in [0, 0.1) is 20.8 Å². The summed E-state index contributed by atoms with van der Waals surface area (Å²) in [6, 6.07) is 75.4. The summed E-state index contributed by atoms with van der Waals surface area (Å²) in [5.41, 5.74) is 18.5. The average Bonchev–Trinajstić information content (AvgIpc) is 3.99. The smallest absolute Gasteiger partial charge is 0.159 e. The van der Waals surface area contributed by atoms with Gasteiger partial charge >= 0.3 is 0 Å². The summed E-state index contributed by atoms with van der Waals surface area (Å²) in [6.45, 7) is 6.30. The monoisotopic (exact) mass is 845 g/mol. The van der Waals surface area contributed by atoms with Crippen LogP contribution in [-0.4, -0.2) is 23.7 Å². The Morgan fingerprint density at radius 1 is 0.303 bits per heavy atom. The highest BCUT2D eigenvalue weighted by Crippen LogP contribution is 2.48. The third kappa shape index (κ3) is 5.73. The number of hydrogen-bond acceptors (Lipinski definition) is 2. The zero-order valence-corrected chi connectivity index (χ0v) is 36.9. The molecule has 0 amide bonds. The Hall–Kier alpha value is -8.54. The van der Waals surface area contributed by atoms with Gasteiger partial charge in [-0.3, -0.25) is 0 Å². The molecule has 0 unspecified atom stereocenters. The van der Waals surface area contributed by atoms with Crippen molar-refractivity contribution in [2.45, 2.75) is 20.8 Å². The number of aryl methyl sites for hydroxylation is 3. The number of para-hydroxylation sites is 7. The van der Waals surface area contributed by atoms with Crippen molar-refractivity contribution in [3.63, 3.8) is 0 Å². The predicted molar refractivity (Wildman–Crippen MR) is 276 cm³/mol. The summed E-state index contributed by atoms with van der Waals surface area (Å²) in [5.74, 6) is 0.697. The molecule has 0 spiro atoms. The lowest BCUT2D eigenvalue weighted by Gasteiger charge is -2.24. The first-order valence-corrected chi connectivity index (χ1v) is 22.7. The second kappa shape index (κ2) is 14.8. The Kier molecular flexibility index (Phi) is 8.49. The van der Waals surface area contributed by atoms with E-state index in [0.717, 1.165) is 89.4 Å². The van der Waals surface area contributed by atoms with Gasteiger partial charge in [-0.1, -0.05) is 139 Å². The van der Waals surface area contributed by atoms with Gasteiger partial charge in [-0.15, -0.1) is 0 Å².